The zero-order chi connectivity index (χ0) is 18.3. The fourth-order valence-corrected chi connectivity index (χ4v) is 5.08. The van der Waals surface area contributed by atoms with Crippen molar-refractivity contribution >= 4 is 21.9 Å². The molecule has 1 heterocycles. The van der Waals surface area contributed by atoms with Gasteiger partial charge in [-0.15, -0.1) is 4.40 Å². The molecule has 0 radical (unpaired) electrons. The van der Waals surface area contributed by atoms with Crippen LogP contribution in [-0.4, -0.2) is 37.6 Å². The summed E-state index contributed by atoms with van der Waals surface area (Å²) >= 11 is 0. The Kier molecular flexibility index (Phi) is 4.84. The average molecular weight is 381 g/mol. The summed E-state index contributed by atoms with van der Waals surface area (Å²) in [4.78, 5) is 12.7. The maximum atomic E-state index is 12.8. The summed E-state index contributed by atoms with van der Waals surface area (Å²) in [7, 11) is -3.86. The smallest absolute Gasteiger partial charge is 0.355 e. The van der Waals surface area contributed by atoms with Crippen LogP contribution in [0, 0.1) is 23.7 Å². The molecule has 26 heavy (non-hydrogen) atoms. The summed E-state index contributed by atoms with van der Waals surface area (Å²) in [5.74, 6) is 1.06. The molecule has 4 aliphatic rings. The highest BCUT2D eigenvalue weighted by Crippen LogP contribution is 2.36. The van der Waals surface area contributed by atoms with Crippen LogP contribution in [0.25, 0.3) is 0 Å². The molecule has 0 aromatic carbocycles. The van der Waals surface area contributed by atoms with Gasteiger partial charge in [-0.3, -0.25) is 0 Å². The van der Waals surface area contributed by atoms with Crippen LogP contribution in [0.2, 0.25) is 0 Å². The fourth-order valence-electron chi connectivity index (χ4n) is 3.73. The second kappa shape index (κ2) is 6.98. The molecule has 0 spiro atoms. The molecular formula is C19H28N2O4S. The summed E-state index contributed by atoms with van der Waals surface area (Å²) in [6.45, 7) is 2.95. The van der Waals surface area contributed by atoms with Crippen molar-refractivity contribution in [1.82, 2.24) is 4.31 Å². The molecule has 0 aromatic rings. The molecular weight excluding hydrogens is 352 g/mol. The first-order chi connectivity index (χ1) is 12.4. The number of carbonyl (C=O) groups excluding carboxylic acids is 1. The number of rotatable bonds is 6. The molecule has 144 valence electrons. The van der Waals surface area contributed by atoms with Gasteiger partial charge in [0, 0.05) is 12.5 Å². The van der Waals surface area contributed by atoms with Crippen molar-refractivity contribution in [3.05, 3.63) is 11.8 Å². The molecule has 6 nitrogen and oxygen atoms in total. The molecule has 3 aliphatic carbocycles. The van der Waals surface area contributed by atoms with Crippen LogP contribution in [0.5, 0.6) is 0 Å². The number of hydrogen-bond donors (Lipinski definition) is 0. The highest BCUT2D eigenvalue weighted by atomic mass is 32.2. The van der Waals surface area contributed by atoms with E-state index in [1.54, 1.807) is 6.08 Å². The monoisotopic (exact) mass is 380 g/mol. The van der Waals surface area contributed by atoms with Crippen LogP contribution in [0.3, 0.4) is 0 Å². The molecule has 4 rings (SSSR count). The van der Waals surface area contributed by atoms with Gasteiger partial charge in [-0.1, -0.05) is 19.8 Å². The minimum absolute atomic E-state index is 0.121. The summed E-state index contributed by atoms with van der Waals surface area (Å²) in [5, 5.41) is 0. The number of ether oxygens (including phenoxy) is 1. The van der Waals surface area contributed by atoms with Gasteiger partial charge < -0.3 is 4.74 Å². The first-order valence-corrected chi connectivity index (χ1v) is 11.3. The van der Waals surface area contributed by atoms with E-state index >= 15 is 0 Å². The maximum Gasteiger partial charge on any atom is 0.355 e. The van der Waals surface area contributed by atoms with Gasteiger partial charge in [-0.25, -0.2) is 9.10 Å². The van der Waals surface area contributed by atoms with Crippen LogP contribution in [-0.2, 0) is 19.7 Å². The predicted molar refractivity (Wildman–Crippen MR) is 98.7 cm³/mol. The minimum Gasteiger partial charge on any atom is -0.461 e. The van der Waals surface area contributed by atoms with Crippen LogP contribution in [0.1, 0.15) is 58.3 Å². The number of allylic oxidation sites excluding steroid dienone is 1. The Morgan fingerprint density at radius 1 is 1.12 bits per heavy atom. The molecule has 0 N–H and O–H groups in total. The first-order valence-electron chi connectivity index (χ1n) is 9.93. The number of nitrogens with zero attached hydrogens (tertiary/aromatic N) is 2. The van der Waals surface area contributed by atoms with Gasteiger partial charge in [0.05, 0.1) is 12.3 Å². The largest absolute Gasteiger partial charge is 0.461 e. The number of esters is 1. The highest BCUT2D eigenvalue weighted by molar-refractivity contribution is 7.88. The van der Waals surface area contributed by atoms with Crippen LogP contribution >= 0.6 is 0 Å². The van der Waals surface area contributed by atoms with E-state index in [9.17, 15) is 13.2 Å². The van der Waals surface area contributed by atoms with Crippen molar-refractivity contribution < 1.29 is 17.9 Å². The Hall–Kier alpha value is -1.37. The molecule has 0 unspecified atom stereocenters. The first kappa shape index (κ1) is 18.0. The van der Waals surface area contributed by atoms with Gasteiger partial charge in [0.2, 0.25) is 0 Å². The molecule has 0 atom stereocenters. The second-order valence-electron chi connectivity index (χ2n) is 8.50. The normalized spacial score (nSPS) is 31.2. The fraction of sp³-hybridized carbons (Fsp3) is 0.789. The van der Waals surface area contributed by atoms with Crippen LogP contribution in [0.4, 0.5) is 0 Å². The van der Waals surface area contributed by atoms with Crippen molar-refractivity contribution in [2.75, 3.05) is 13.2 Å². The Morgan fingerprint density at radius 3 is 2.38 bits per heavy atom. The van der Waals surface area contributed by atoms with Crippen molar-refractivity contribution in [1.29, 1.82) is 0 Å². The zero-order valence-corrected chi connectivity index (χ0v) is 16.2. The molecule has 1 aliphatic heterocycles. The third-order valence-electron chi connectivity index (χ3n) is 5.96. The lowest BCUT2D eigenvalue weighted by molar-refractivity contribution is -0.140. The zero-order valence-electron chi connectivity index (χ0n) is 15.4. The van der Waals surface area contributed by atoms with Gasteiger partial charge in [0.1, 0.15) is 5.70 Å². The maximum absolute atomic E-state index is 12.8. The third kappa shape index (κ3) is 4.13. The van der Waals surface area contributed by atoms with Gasteiger partial charge >= 0.3 is 16.2 Å². The summed E-state index contributed by atoms with van der Waals surface area (Å²) in [5.41, 5.74) is 0.712. The Balaban J connectivity index is 1.57. The lowest BCUT2D eigenvalue weighted by Crippen LogP contribution is -2.39. The lowest BCUT2D eigenvalue weighted by Gasteiger charge is -2.31. The highest BCUT2D eigenvalue weighted by Gasteiger charge is 2.39. The van der Waals surface area contributed by atoms with Gasteiger partial charge in [0.15, 0.2) is 0 Å². The topological polar surface area (TPSA) is 76.0 Å². The van der Waals surface area contributed by atoms with Crippen LogP contribution < -0.4 is 0 Å². The van der Waals surface area contributed by atoms with Crippen molar-refractivity contribution in [2.45, 2.75) is 58.3 Å². The number of carbonyl (C=O) groups is 1. The van der Waals surface area contributed by atoms with Gasteiger partial charge in [0.25, 0.3) is 0 Å². The van der Waals surface area contributed by atoms with E-state index in [0.29, 0.717) is 36.6 Å². The minimum atomic E-state index is -3.86. The average Bonchev–Trinajstić information content (AvgIpc) is 3.50. The standard InChI is InChI=1S/C19H28N2O4S/c1-13-2-8-16(9-3-13)17-10-18(19(22)25-12-15-6-7-15)21(11-14-4-5-14)26(23,24)20-17/h10,13-16H,2-9,11-12H2,1H3. The van der Waals surface area contributed by atoms with Crippen molar-refractivity contribution in [3.8, 4) is 0 Å². The van der Waals surface area contributed by atoms with E-state index in [-0.39, 0.29) is 11.6 Å². The van der Waals surface area contributed by atoms with Crippen molar-refractivity contribution in [3.63, 3.8) is 0 Å². The van der Waals surface area contributed by atoms with Gasteiger partial charge in [-0.2, -0.15) is 8.42 Å². The van der Waals surface area contributed by atoms with Crippen molar-refractivity contribution in [2.24, 2.45) is 28.1 Å². The SMILES string of the molecule is CC1CCC(C2=NS(=O)(=O)N(CC3CC3)C(C(=O)OCC3CC3)=C2)CC1. The van der Waals surface area contributed by atoms with E-state index in [4.69, 9.17) is 4.74 Å². The molecule has 0 aromatic heterocycles. The molecule has 0 amide bonds. The summed E-state index contributed by atoms with van der Waals surface area (Å²) in [6, 6.07) is 0. The van der Waals surface area contributed by atoms with E-state index in [1.807, 2.05) is 0 Å². The van der Waals surface area contributed by atoms with E-state index < -0.39 is 16.2 Å². The van der Waals surface area contributed by atoms with E-state index in [0.717, 1.165) is 51.4 Å². The molecule has 7 heteroatoms. The third-order valence-corrected chi connectivity index (χ3v) is 7.31. The van der Waals surface area contributed by atoms with Gasteiger partial charge in [-0.05, 0) is 62.4 Å². The quantitative estimate of drug-likeness (QED) is 0.664. The summed E-state index contributed by atoms with van der Waals surface area (Å²) < 4.78 is 36.3. The van der Waals surface area contributed by atoms with E-state index in [1.165, 1.54) is 4.31 Å². The molecule has 3 saturated carbocycles. The second-order valence-corrected chi connectivity index (χ2v) is 10.0. The molecule has 3 fully saturated rings. The van der Waals surface area contributed by atoms with Crippen LogP contribution in [0.15, 0.2) is 16.2 Å². The Morgan fingerprint density at radius 2 is 1.77 bits per heavy atom. The number of hydrogen-bond acceptors (Lipinski definition) is 4. The summed E-state index contributed by atoms with van der Waals surface area (Å²) in [6.07, 6.45) is 9.89. The lowest BCUT2D eigenvalue weighted by atomic mass is 9.80. The molecule has 0 bridgehead atoms. The predicted octanol–water partition coefficient (Wildman–Crippen LogP) is 3.06. The molecule has 0 saturated heterocycles. The Labute approximate surface area is 155 Å². The van der Waals surface area contributed by atoms with E-state index in [2.05, 4.69) is 11.3 Å². The Bertz CT molecular complexity index is 727.